The molecule has 0 aliphatic rings. The quantitative estimate of drug-likeness (QED) is 0.253. The zero-order valence-corrected chi connectivity index (χ0v) is 17.0. The van der Waals surface area contributed by atoms with Gasteiger partial charge in [-0.25, -0.2) is 5.43 Å². The van der Waals surface area contributed by atoms with Crippen LogP contribution in [0.25, 0.3) is 10.8 Å². The van der Waals surface area contributed by atoms with E-state index in [4.69, 9.17) is 4.74 Å². The van der Waals surface area contributed by atoms with Gasteiger partial charge in [0, 0.05) is 6.07 Å². The van der Waals surface area contributed by atoms with Gasteiger partial charge in [-0.3, -0.25) is 14.9 Å². The second-order valence-electron chi connectivity index (χ2n) is 6.97. The highest BCUT2D eigenvalue weighted by Gasteiger charge is 2.18. The molecule has 0 aromatic heterocycles. The number of ether oxygens (including phenoxy) is 1. The number of hydrogen-bond acceptors (Lipinski definition) is 5. The number of hydrogen-bond donors (Lipinski definition) is 1. The van der Waals surface area contributed by atoms with Crippen molar-refractivity contribution in [3.8, 4) is 5.75 Å². The molecule has 1 N–H and O–H groups in total. The number of nitro benzene ring substituents is 1. The van der Waals surface area contributed by atoms with Crippen LogP contribution in [0.3, 0.4) is 0 Å². The maximum Gasteiger partial charge on any atom is 0.282 e. The van der Waals surface area contributed by atoms with Crippen LogP contribution in [0.2, 0.25) is 0 Å². The Morgan fingerprint density at radius 2 is 1.72 bits per heavy atom. The maximum absolute atomic E-state index is 12.2. The first kappa shape index (κ1) is 20.7. The van der Waals surface area contributed by atoms with Gasteiger partial charge in [0.15, 0.2) is 0 Å². The van der Waals surface area contributed by atoms with Gasteiger partial charge < -0.3 is 4.74 Å². The summed E-state index contributed by atoms with van der Waals surface area (Å²) in [4.78, 5) is 22.7. The van der Waals surface area contributed by atoms with Gasteiger partial charge in [0.25, 0.3) is 11.6 Å². The maximum atomic E-state index is 12.2. The Hall–Kier alpha value is -4.52. The normalized spacial score (nSPS) is 10.9. The highest BCUT2D eigenvalue weighted by molar-refractivity contribution is 5.98. The van der Waals surface area contributed by atoms with Crippen LogP contribution in [-0.4, -0.2) is 17.0 Å². The third-order valence-corrected chi connectivity index (χ3v) is 4.86. The molecule has 7 nitrogen and oxygen atoms in total. The lowest BCUT2D eigenvalue weighted by molar-refractivity contribution is -0.385. The topological polar surface area (TPSA) is 93.8 Å². The summed E-state index contributed by atoms with van der Waals surface area (Å²) in [6.07, 6.45) is 1.46. The number of para-hydroxylation sites is 1. The van der Waals surface area contributed by atoms with E-state index in [-0.39, 0.29) is 11.3 Å². The van der Waals surface area contributed by atoms with Gasteiger partial charge in [0.1, 0.15) is 17.9 Å². The Labute approximate surface area is 184 Å². The molecule has 0 heterocycles. The van der Waals surface area contributed by atoms with Crippen molar-refractivity contribution in [2.45, 2.75) is 6.61 Å². The largest absolute Gasteiger partial charge is 0.489 e. The highest BCUT2D eigenvalue weighted by Crippen LogP contribution is 2.21. The van der Waals surface area contributed by atoms with E-state index < -0.39 is 10.8 Å². The molecule has 0 radical (unpaired) electrons. The molecule has 0 atom stereocenters. The van der Waals surface area contributed by atoms with Crippen molar-refractivity contribution in [3.63, 3.8) is 0 Å². The van der Waals surface area contributed by atoms with Gasteiger partial charge in [-0.2, -0.15) is 5.10 Å². The molecule has 32 heavy (non-hydrogen) atoms. The lowest BCUT2D eigenvalue weighted by Gasteiger charge is -2.09. The molecule has 0 aliphatic carbocycles. The van der Waals surface area contributed by atoms with Crippen LogP contribution in [0, 0.1) is 10.1 Å². The number of benzene rings is 4. The number of nitrogens with zero attached hydrogens (tertiary/aromatic N) is 2. The monoisotopic (exact) mass is 425 g/mol. The molecule has 158 valence electrons. The molecule has 0 aliphatic heterocycles. The van der Waals surface area contributed by atoms with E-state index in [1.54, 1.807) is 12.1 Å². The van der Waals surface area contributed by atoms with Gasteiger partial charge in [-0.05, 0) is 40.1 Å². The predicted octanol–water partition coefficient (Wildman–Crippen LogP) is 5.09. The number of fused-ring (bicyclic) bond motifs is 1. The first-order valence-corrected chi connectivity index (χ1v) is 9.88. The third-order valence-electron chi connectivity index (χ3n) is 4.86. The van der Waals surface area contributed by atoms with Crippen molar-refractivity contribution in [2.75, 3.05) is 0 Å². The molecule has 0 saturated carbocycles. The second-order valence-corrected chi connectivity index (χ2v) is 6.97. The molecule has 0 bridgehead atoms. The van der Waals surface area contributed by atoms with Gasteiger partial charge >= 0.3 is 0 Å². The van der Waals surface area contributed by atoms with Crippen LogP contribution >= 0.6 is 0 Å². The summed E-state index contributed by atoms with van der Waals surface area (Å²) in [5.41, 5.74) is 3.79. The summed E-state index contributed by atoms with van der Waals surface area (Å²) < 4.78 is 5.96. The van der Waals surface area contributed by atoms with Gasteiger partial charge in [-0.15, -0.1) is 0 Å². The molecule has 0 saturated heterocycles. The lowest BCUT2D eigenvalue weighted by Crippen LogP contribution is -2.18. The average molecular weight is 425 g/mol. The van der Waals surface area contributed by atoms with Gasteiger partial charge in [0.2, 0.25) is 0 Å². The number of nitro groups is 1. The molecular formula is C25H19N3O4. The van der Waals surface area contributed by atoms with Crippen LogP contribution in [0.5, 0.6) is 5.75 Å². The van der Waals surface area contributed by atoms with Crippen LogP contribution in [0.15, 0.2) is 96.1 Å². The lowest BCUT2D eigenvalue weighted by atomic mass is 10.1. The Balaban J connectivity index is 1.41. The van der Waals surface area contributed by atoms with E-state index in [2.05, 4.69) is 28.7 Å². The highest BCUT2D eigenvalue weighted by atomic mass is 16.6. The summed E-state index contributed by atoms with van der Waals surface area (Å²) in [7, 11) is 0. The number of amides is 1. The van der Waals surface area contributed by atoms with Crippen LogP contribution in [-0.2, 0) is 6.61 Å². The molecule has 7 heteroatoms. The second kappa shape index (κ2) is 9.53. The van der Waals surface area contributed by atoms with E-state index >= 15 is 0 Å². The summed E-state index contributed by atoms with van der Waals surface area (Å²) in [5, 5.41) is 17.3. The van der Waals surface area contributed by atoms with Crippen molar-refractivity contribution in [1.82, 2.24) is 5.43 Å². The first-order valence-electron chi connectivity index (χ1n) is 9.88. The fourth-order valence-corrected chi connectivity index (χ4v) is 3.31. The average Bonchev–Trinajstić information content (AvgIpc) is 2.83. The van der Waals surface area contributed by atoms with Gasteiger partial charge in [0.05, 0.1) is 11.1 Å². The zero-order valence-electron chi connectivity index (χ0n) is 17.0. The minimum absolute atomic E-state index is 0.0539. The summed E-state index contributed by atoms with van der Waals surface area (Å²) in [5.74, 6) is 0.00354. The number of nitrogens with one attached hydrogen (secondary N) is 1. The number of carbonyl (C=O) groups is 1. The smallest absolute Gasteiger partial charge is 0.282 e. The van der Waals surface area contributed by atoms with Crippen molar-refractivity contribution in [1.29, 1.82) is 0 Å². The Kier molecular flexibility index (Phi) is 6.17. The molecule has 0 fully saturated rings. The fourth-order valence-electron chi connectivity index (χ4n) is 3.31. The van der Waals surface area contributed by atoms with Crippen LogP contribution in [0.4, 0.5) is 5.69 Å². The summed E-state index contributed by atoms with van der Waals surface area (Å²) in [6, 6.07) is 27.2. The number of rotatable bonds is 7. The number of hydrazone groups is 1. The fraction of sp³-hybridized carbons (Fsp3) is 0.0400. The number of carbonyl (C=O) groups excluding carboxylic acids is 1. The molecular weight excluding hydrogens is 406 g/mol. The third kappa shape index (κ3) is 4.79. The van der Waals surface area contributed by atoms with Crippen molar-refractivity contribution < 1.29 is 14.5 Å². The van der Waals surface area contributed by atoms with E-state index in [1.165, 1.54) is 24.4 Å². The molecule has 4 aromatic rings. The molecule has 0 spiro atoms. The van der Waals surface area contributed by atoms with Crippen molar-refractivity contribution in [3.05, 3.63) is 118 Å². The van der Waals surface area contributed by atoms with Crippen LogP contribution in [0.1, 0.15) is 21.5 Å². The Morgan fingerprint density at radius 1 is 0.969 bits per heavy atom. The molecule has 4 rings (SSSR count). The minimum Gasteiger partial charge on any atom is -0.489 e. The zero-order chi connectivity index (χ0) is 22.3. The summed E-state index contributed by atoms with van der Waals surface area (Å²) >= 11 is 0. The Bertz CT molecular complexity index is 1310. The Morgan fingerprint density at radius 3 is 2.59 bits per heavy atom. The standard InChI is InChI=1S/C25H19N3O4/c29-25(23-13-3-4-14-24(23)28(30)31)27-26-16-18-7-5-11-21(15-18)32-17-20-10-6-9-19-8-1-2-12-22(19)20/h1-16H,17H2,(H,27,29)/b26-16-. The van der Waals surface area contributed by atoms with Crippen molar-refractivity contribution in [2.24, 2.45) is 5.10 Å². The van der Waals surface area contributed by atoms with E-state index in [9.17, 15) is 14.9 Å². The van der Waals surface area contributed by atoms with E-state index in [1.807, 2.05) is 42.5 Å². The van der Waals surface area contributed by atoms with Gasteiger partial charge in [-0.1, -0.05) is 66.7 Å². The molecule has 0 unspecified atom stereocenters. The predicted molar refractivity (Wildman–Crippen MR) is 123 cm³/mol. The van der Waals surface area contributed by atoms with Crippen molar-refractivity contribution >= 4 is 28.6 Å². The van der Waals surface area contributed by atoms with E-state index in [0.29, 0.717) is 17.9 Å². The first-order chi connectivity index (χ1) is 15.6. The summed E-state index contributed by atoms with van der Waals surface area (Å²) in [6.45, 7) is 0.413. The van der Waals surface area contributed by atoms with Crippen LogP contribution < -0.4 is 10.2 Å². The minimum atomic E-state index is -0.656. The SMILES string of the molecule is O=C(N/N=C\c1cccc(OCc2cccc3ccccc23)c1)c1ccccc1[N+](=O)[O-]. The van der Waals surface area contributed by atoms with E-state index in [0.717, 1.165) is 16.3 Å². The molecule has 4 aromatic carbocycles. The molecule has 1 amide bonds.